The molecule has 0 aromatic carbocycles. The molecular weight excluding hydrogens is 154 g/mol. The SMILES string of the molecule is C[C@H](CC(=O)O)C[C@H](N)C1CC1. The average molecular weight is 171 g/mol. The van der Waals surface area contributed by atoms with E-state index < -0.39 is 5.97 Å². The van der Waals surface area contributed by atoms with E-state index in [1.54, 1.807) is 0 Å². The van der Waals surface area contributed by atoms with Crippen LogP contribution in [0.25, 0.3) is 0 Å². The van der Waals surface area contributed by atoms with Crippen molar-refractivity contribution in [2.45, 2.75) is 38.6 Å². The molecule has 1 fully saturated rings. The molecule has 0 heterocycles. The van der Waals surface area contributed by atoms with E-state index in [9.17, 15) is 4.79 Å². The molecule has 3 nitrogen and oxygen atoms in total. The van der Waals surface area contributed by atoms with Crippen molar-refractivity contribution in [1.82, 2.24) is 0 Å². The van der Waals surface area contributed by atoms with E-state index in [1.165, 1.54) is 12.8 Å². The molecular formula is C9H17NO2. The first kappa shape index (κ1) is 9.52. The van der Waals surface area contributed by atoms with Gasteiger partial charge < -0.3 is 10.8 Å². The lowest BCUT2D eigenvalue weighted by Gasteiger charge is -2.14. The van der Waals surface area contributed by atoms with Crippen LogP contribution in [0.5, 0.6) is 0 Å². The Bertz CT molecular complexity index is 166. The Morgan fingerprint density at radius 2 is 2.25 bits per heavy atom. The first-order valence-electron chi connectivity index (χ1n) is 4.57. The molecule has 70 valence electrons. The van der Waals surface area contributed by atoms with Crippen LogP contribution in [0.4, 0.5) is 0 Å². The zero-order valence-electron chi connectivity index (χ0n) is 7.49. The van der Waals surface area contributed by atoms with Crippen LogP contribution in [-0.2, 0) is 4.79 Å². The average Bonchev–Trinajstić information content (AvgIpc) is 2.63. The topological polar surface area (TPSA) is 63.3 Å². The maximum absolute atomic E-state index is 10.3. The smallest absolute Gasteiger partial charge is 0.303 e. The lowest BCUT2D eigenvalue weighted by Crippen LogP contribution is -2.25. The van der Waals surface area contributed by atoms with Crippen LogP contribution in [-0.4, -0.2) is 17.1 Å². The fraction of sp³-hybridized carbons (Fsp3) is 0.889. The standard InChI is InChI=1S/C9H17NO2/c1-6(5-9(11)12)4-8(10)7-2-3-7/h6-8H,2-5,10H2,1H3,(H,11,12)/t6-,8-/m0/s1. The van der Waals surface area contributed by atoms with Gasteiger partial charge in [0.15, 0.2) is 0 Å². The molecule has 0 saturated heterocycles. The van der Waals surface area contributed by atoms with Gasteiger partial charge in [0, 0.05) is 12.5 Å². The maximum atomic E-state index is 10.3. The van der Waals surface area contributed by atoms with E-state index >= 15 is 0 Å². The fourth-order valence-electron chi connectivity index (χ4n) is 1.56. The van der Waals surface area contributed by atoms with E-state index in [0.717, 1.165) is 6.42 Å². The van der Waals surface area contributed by atoms with E-state index in [-0.39, 0.29) is 18.4 Å². The molecule has 0 amide bonds. The highest BCUT2D eigenvalue weighted by molar-refractivity contribution is 5.66. The number of hydrogen-bond donors (Lipinski definition) is 2. The minimum Gasteiger partial charge on any atom is -0.481 e. The van der Waals surface area contributed by atoms with Crippen molar-refractivity contribution in [2.75, 3.05) is 0 Å². The van der Waals surface area contributed by atoms with Crippen molar-refractivity contribution < 1.29 is 9.90 Å². The highest BCUT2D eigenvalue weighted by Crippen LogP contribution is 2.34. The van der Waals surface area contributed by atoms with Crippen molar-refractivity contribution in [3.63, 3.8) is 0 Å². The van der Waals surface area contributed by atoms with Crippen LogP contribution >= 0.6 is 0 Å². The van der Waals surface area contributed by atoms with E-state index in [1.807, 2.05) is 6.92 Å². The van der Waals surface area contributed by atoms with Crippen molar-refractivity contribution in [2.24, 2.45) is 17.6 Å². The summed E-state index contributed by atoms with van der Waals surface area (Å²) in [7, 11) is 0. The van der Waals surface area contributed by atoms with Crippen molar-refractivity contribution >= 4 is 5.97 Å². The summed E-state index contributed by atoms with van der Waals surface area (Å²) in [6.45, 7) is 1.95. The van der Waals surface area contributed by atoms with Gasteiger partial charge in [-0.15, -0.1) is 0 Å². The summed E-state index contributed by atoms with van der Waals surface area (Å²) in [5, 5.41) is 8.51. The minimum absolute atomic E-state index is 0.220. The van der Waals surface area contributed by atoms with Gasteiger partial charge in [-0.3, -0.25) is 4.79 Å². The Kier molecular flexibility index (Phi) is 3.09. The number of carbonyl (C=O) groups is 1. The second-order valence-corrected chi connectivity index (χ2v) is 3.94. The molecule has 2 atom stereocenters. The third kappa shape index (κ3) is 3.22. The monoisotopic (exact) mass is 171 g/mol. The minimum atomic E-state index is -0.717. The number of hydrogen-bond acceptors (Lipinski definition) is 2. The zero-order valence-corrected chi connectivity index (χ0v) is 7.49. The van der Waals surface area contributed by atoms with E-state index in [0.29, 0.717) is 5.92 Å². The number of aliphatic carboxylic acids is 1. The van der Waals surface area contributed by atoms with Gasteiger partial charge in [0.1, 0.15) is 0 Å². The summed E-state index contributed by atoms with van der Waals surface area (Å²) in [6.07, 6.45) is 3.58. The molecule has 0 bridgehead atoms. The number of rotatable bonds is 5. The first-order valence-corrected chi connectivity index (χ1v) is 4.57. The zero-order chi connectivity index (χ0) is 9.14. The van der Waals surface area contributed by atoms with Gasteiger partial charge >= 0.3 is 5.97 Å². The second-order valence-electron chi connectivity index (χ2n) is 3.94. The van der Waals surface area contributed by atoms with Gasteiger partial charge in [-0.2, -0.15) is 0 Å². The largest absolute Gasteiger partial charge is 0.481 e. The van der Waals surface area contributed by atoms with Gasteiger partial charge in [-0.05, 0) is 31.1 Å². The predicted molar refractivity (Wildman–Crippen MR) is 46.7 cm³/mol. The third-order valence-electron chi connectivity index (χ3n) is 2.43. The molecule has 1 aliphatic carbocycles. The van der Waals surface area contributed by atoms with Crippen LogP contribution in [0.2, 0.25) is 0 Å². The molecule has 0 aliphatic heterocycles. The van der Waals surface area contributed by atoms with Gasteiger partial charge in [-0.25, -0.2) is 0 Å². The van der Waals surface area contributed by atoms with Crippen LogP contribution < -0.4 is 5.73 Å². The van der Waals surface area contributed by atoms with Gasteiger partial charge in [0.2, 0.25) is 0 Å². The Balaban J connectivity index is 2.15. The maximum Gasteiger partial charge on any atom is 0.303 e. The summed E-state index contributed by atoms with van der Waals surface area (Å²) in [6, 6.07) is 0.236. The second kappa shape index (κ2) is 3.90. The number of carboxylic acids is 1. The van der Waals surface area contributed by atoms with E-state index in [4.69, 9.17) is 10.8 Å². The molecule has 1 saturated carbocycles. The van der Waals surface area contributed by atoms with Crippen LogP contribution in [0, 0.1) is 11.8 Å². The molecule has 0 spiro atoms. The molecule has 1 aliphatic rings. The Labute approximate surface area is 72.9 Å². The summed E-state index contributed by atoms with van der Waals surface area (Å²) in [5.74, 6) is 0.185. The van der Waals surface area contributed by atoms with Crippen molar-refractivity contribution in [3.05, 3.63) is 0 Å². The highest BCUT2D eigenvalue weighted by atomic mass is 16.4. The summed E-state index contributed by atoms with van der Waals surface area (Å²) in [5.41, 5.74) is 5.86. The Morgan fingerprint density at radius 3 is 2.67 bits per heavy atom. The molecule has 3 N–H and O–H groups in total. The Morgan fingerprint density at radius 1 is 1.67 bits per heavy atom. The first-order chi connectivity index (χ1) is 5.59. The fourth-order valence-corrected chi connectivity index (χ4v) is 1.56. The summed E-state index contributed by atoms with van der Waals surface area (Å²) >= 11 is 0. The summed E-state index contributed by atoms with van der Waals surface area (Å²) in [4.78, 5) is 10.3. The highest BCUT2D eigenvalue weighted by Gasteiger charge is 2.29. The molecule has 0 radical (unpaired) electrons. The third-order valence-corrected chi connectivity index (χ3v) is 2.43. The Hall–Kier alpha value is -0.570. The lowest BCUT2D eigenvalue weighted by molar-refractivity contribution is -0.138. The molecule has 3 heteroatoms. The molecule has 1 rings (SSSR count). The predicted octanol–water partition coefficient (Wildman–Crippen LogP) is 1.22. The quantitative estimate of drug-likeness (QED) is 0.653. The van der Waals surface area contributed by atoms with Crippen LogP contribution in [0.3, 0.4) is 0 Å². The summed E-state index contributed by atoms with van der Waals surface area (Å²) < 4.78 is 0. The van der Waals surface area contributed by atoms with Crippen LogP contribution in [0.15, 0.2) is 0 Å². The molecule has 12 heavy (non-hydrogen) atoms. The molecule has 0 unspecified atom stereocenters. The number of nitrogens with two attached hydrogens (primary N) is 1. The van der Waals surface area contributed by atoms with Gasteiger partial charge in [0.05, 0.1) is 0 Å². The molecule has 0 aromatic heterocycles. The number of carboxylic acid groups (broad SMARTS) is 1. The van der Waals surface area contributed by atoms with E-state index in [2.05, 4.69) is 0 Å². The van der Waals surface area contributed by atoms with Crippen molar-refractivity contribution in [1.29, 1.82) is 0 Å². The normalized spacial score (nSPS) is 21.8. The molecule has 0 aromatic rings. The van der Waals surface area contributed by atoms with Gasteiger partial charge in [-0.1, -0.05) is 6.92 Å². The van der Waals surface area contributed by atoms with Crippen LogP contribution in [0.1, 0.15) is 32.6 Å². The lowest BCUT2D eigenvalue weighted by atomic mass is 9.96. The van der Waals surface area contributed by atoms with Gasteiger partial charge in [0.25, 0.3) is 0 Å². The van der Waals surface area contributed by atoms with Crippen molar-refractivity contribution in [3.8, 4) is 0 Å².